The molecular formula is C20H17N3OS2. The molecule has 6 heteroatoms. The van der Waals surface area contributed by atoms with Gasteiger partial charge in [0, 0.05) is 23.7 Å². The van der Waals surface area contributed by atoms with Crippen LogP contribution in [0.3, 0.4) is 0 Å². The molecule has 4 nitrogen and oxygen atoms in total. The van der Waals surface area contributed by atoms with Crippen LogP contribution in [-0.2, 0) is 0 Å². The SMILES string of the molecule is N#C/C(=C\c1ccc2c(c1)SCCN2CCO)c1nc2ccccc2s1. The van der Waals surface area contributed by atoms with Crippen molar-refractivity contribution in [3.63, 3.8) is 0 Å². The van der Waals surface area contributed by atoms with Crippen molar-refractivity contribution in [1.29, 1.82) is 5.26 Å². The molecule has 1 N–H and O–H groups in total. The molecule has 3 aromatic rings. The van der Waals surface area contributed by atoms with E-state index in [0.717, 1.165) is 38.8 Å². The van der Waals surface area contributed by atoms with Crippen LogP contribution >= 0.6 is 23.1 Å². The van der Waals surface area contributed by atoms with Crippen LogP contribution in [-0.4, -0.2) is 35.5 Å². The number of aliphatic hydroxyl groups is 1. The second kappa shape index (κ2) is 7.50. The highest BCUT2D eigenvalue weighted by Crippen LogP contribution is 2.36. The predicted molar refractivity (Wildman–Crippen MR) is 110 cm³/mol. The van der Waals surface area contributed by atoms with Crippen molar-refractivity contribution in [1.82, 2.24) is 4.98 Å². The van der Waals surface area contributed by atoms with Gasteiger partial charge in [0.2, 0.25) is 0 Å². The van der Waals surface area contributed by atoms with Crippen molar-refractivity contribution in [2.45, 2.75) is 4.90 Å². The van der Waals surface area contributed by atoms with Crippen molar-refractivity contribution < 1.29 is 5.11 Å². The van der Waals surface area contributed by atoms with Crippen LogP contribution in [0.5, 0.6) is 0 Å². The maximum Gasteiger partial charge on any atom is 0.135 e. The second-order valence-electron chi connectivity index (χ2n) is 5.94. The summed E-state index contributed by atoms with van der Waals surface area (Å²) in [5, 5.41) is 19.6. The van der Waals surface area contributed by atoms with Gasteiger partial charge in [-0.25, -0.2) is 4.98 Å². The maximum absolute atomic E-state index is 9.62. The molecule has 0 fully saturated rings. The van der Waals surface area contributed by atoms with Gasteiger partial charge in [0.25, 0.3) is 0 Å². The number of fused-ring (bicyclic) bond motifs is 2. The fourth-order valence-electron chi connectivity index (χ4n) is 3.03. The largest absolute Gasteiger partial charge is 0.395 e. The molecule has 0 saturated heterocycles. The Morgan fingerprint density at radius 1 is 1.31 bits per heavy atom. The van der Waals surface area contributed by atoms with E-state index in [1.54, 1.807) is 11.3 Å². The number of hydrogen-bond acceptors (Lipinski definition) is 6. The molecule has 0 amide bonds. The first-order valence-corrected chi connectivity index (χ1v) is 10.2. The first-order valence-electron chi connectivity index (χ1n) is 8.39. The molecule has 0 radical (unpaired) electrons. The molecule has 0 aliphatic carbocycles. The number of nitrogens with zero attached hydrogens (tertiary/aromatic N) is 3. The van der Waals surface area contributed by atoms with Crippen LogP contribution in [0, 0.1) is 11.3 Å². The van der Waals surface area contributed by atoms with Crippen molar-refractivity contribution in [3.8, 4) is 6.07 Å². The van der Waals surface area contributed by atoms with Crippen molar-refractivity contribution in [3.05, 3.63) is 53.0 Å². The number of para-hydroxylation sites is 1. The molecule has 1 aliphatic heterocycles. The lowest BCUT2D eigenvalue weighted by molar-refractivity contribution is 0.302. The third-order valence-corrected chi connectivity index (χ3v) is 6.36. The highest BCUT2D eigenvalue weighted by Gasteiger charge is 2.17. The van der Waals surface area contributed by atoms with E-state index in [1.165, 1.54) is 4.90 Å². The minimum Gasteiger partial charge on any atom is -0.395 e. The molecule has 0 saturated carbocycles. The summed E-state index contributed by atoms with van der Waals surface area (Å²) in [7, 11) is 0. The van der Waals surface area contributed by atoms with E-state index in [9.17, 15) is 10.4 Å². The highest BCUT2D eigenvalue weighted by atomic mass is 32.2. The van der Waals surface area contributed by atoms with Gasteiger partial charge in [-0.2, -0.15) is 5.26 Å². The zero-order chi connectivity index (χ0) is 17.9. The van der Waals surface area contributed by atoms with Gasteiger partial charge in [-0.1, -0.05) is 18.2 Å². The Morgan fingerprint density at radius 3 is 3.00 bits per heavy atom. The van der Waals surface area contributed by atoms with Crippen LogP contribution in [0.15, 0.2) is 47.4 Å². The number of thiazole rings is 1. The summed E-state index contributed by atoms with van der Waals surface area (Å²) in [6, 6.07) is 16.5. The zero-order valence-corrected chi connectivity index (χ0v) is 15.7. The van der Waals surface area contributed by atoms with E-state index < -0.39 is 0 Å². The van der Waals surface area contributed by atoms with Gasteiger partial charge in [-0.15, -0.1) is 23.1 Å². The molecule has 0 spiro atoms. The molecule has 130 valence electrons. The number of anilines is 1. The fourth-order valence-corrected chi connectivity index (χ4v) is 5.06. The Bertz CT molecular complexity index is 986. The number of aromatic nitrogens is 1. The Kier molecular flexibility index (Phi) is 4.93. The summed E-state index contributed by atoms with van der Waals surface area (Å²) in [6.07, 6.45) is 1.91. The number of β-amino-alcohol motifs (C(OH)–C–C–N with tert-alkyl or cyclic N) is 1. The summed E-state index contributed by atoms with van der Waals surface area (Å²) in [6.45, 7) is 1.75. The molecule has 4 rings (SSSR count). The standard InChI is InChI=1S/C20H17N3OS2/c21-13-15(20-22-16-3-1-2-4-18(16)26-20)11-14-5-6-17-19(12-14)25-10-8-23(17)7-9-24/h1-6,11-12,24H,7-10H2/b15-11+. The second-order valence-corrected chi connectivity index (χ2v) is 8.11. The lowest BCUT2D eigenvalue weighted by Crippen LogP contribution is -2.31. The van der Waals surface area contributed by atoms with E-state index in [-0.39, 0.29) is 6.61 Å². The number of benzene rings is 2. The Labute approximate surface area is 160 Å². The average molecular weight is 380 g/mol. The molecule has 2 aromatic carbocycles. The molecular weight excluding hydrogens is 362 g/mol. The van der Waals surface area contributed by atoms with Gasteiger partial charge in [-0.3, -0.25) is 0 Å². The summed E-state index contributed by atoms with van der Waals surface area (Å²) in [5.74, 6) is 1.00. The molecule has 1 aliphatic rings. The first kappa shape index (κ1) is 17.1. The summed E-state index contributed by atoms with van der Waals surface area (Å²) in [4.78, 5) is 7.99. The van der Waals surface area contributed by atoms with E-state index in [4.69, 9.17) is 0 Å². The van der Waals surface area contributed by atoms with E-state index in [1.807, 2.05) is 48.2 Å². The van der Waals surface area contributed by atoms with Gasteiger partial charge in [0.05, 0.1) is 28.1 Å². The summed E-state index contributed by atoms with van der Waals surface area (Å²) < 4.78 is 1.09. The topological polar surface area (TPSA) is 60.2 Å². The normalized spacial score (nSPS) is 14.3. The van der Waals surface area contributed by atoms with Crippen LogP contribution < -0.4 is 4.90 Å². The Balaban J connectivity index is 1.69. The number of rotatable bonds is 4. The molecule has 0 unspecified atom stereocenters. The molecule has 2 heterocycles. The van der Waals surface area contributed by atoms with Gasteiger partial charge < -0.3 is 10.0 Å². The van der Waals surface area contributed by atoms with E-state index in [2.05, 4.69) is 28.1 Å². The lowest BCUT2D eigenvalue weighted by Gasteiger charge is -2.30. The minimum atomic E-state index is 0.155. The molecule has 0 bridgehead atoms. The molecule has 1 aromatic heterocycles. The number of nitriles is 1. The Hall–Kier alpha value is -2.33. The van der Waals surface area contributed by atoms with Crippen LogP contribution in [0.25, 0.3) is 21.9 Å². The van der Waals surface area contributed by atoms with Crippen LogP contribution in [0.2, 0.25) is 0 Å². The lowest BCUT2D eigenvalue weighted by atomic mass is 10.1. The van der Waals surface area contributed by atoms with Gasteiger partial charge in [-0.05, 0) is 35.9 Å². The number of aliphatic hydroxyl groups excluding tert-OH is 1. The number of hydrogen-bond donors (Lipinski definition) is 1. The number of thioether (sulfide) groups is 1. The van der Waals surface area contributed by atoms with Crippen LogP contribution in [0.4, 0.5) is 5.69 Å². The number of allylic oxidation sites excluding steroid dienone is 1. The van der Waals surface area contributed by atoms with Gasteiger partial charge in [0.1, 0.15) is 11.1 Å². The summed E-state index contributed by atoms with van der Waals surface area (Å²) in [5.41, 5.74) is 3.66. The quantitative estimate of drug-likeness (QED) is 0.686. The third-order valence-electron chi connectivity index (χ3n) is 4.27. The molecule has 0 atom stereocenters. The van der Waals surface area contributed by atoms with Crippen molar-refractivity contribution in [2.75, 3.05) is 30.3 Å². The van der Waals surface area contributed by atoms with Crippen LogP contribution in [0.1, 0.15) is 10.6 Å². The minimum absolute atomic E-state index is 0.155. The van der Waals surface area contributed by atoms with Crippen molar-refractivity contribution >= 4 is 50.7 Å². The average Bonchev–Trinajstić information content (AvgIpc) is 3.10. The summed E-state index contributed by atoms with van der Waals surface area (Å²) >= 11 is 3.36. The third kappa shape index (κ3) is 3.34. The van der Waals surface area contributed by atoms with Gasteiger partial charge in [0.15, 0.2) is 0 Å². The van der Waals surface area contributed by atoms with Gasteiger partial charge >= 0.3 is 0 Å². The zero-order valence-electron chi connectivity index (χ0n) is 14.1. The fraction of sp³-hybridized carbons (Fsp3) is 0.200. The van der Waals surface area contributed by atoms with E-state index in [0.29, 0.717) is 12.1 Å². The smallest absolute Gasteiger partial charge is 0.135 e. The first-order chi connectivity index (χ1) is 12.8. The van der Waals surface area contributed by atoms with Crippen molar-refractivity contribution in [2.24, 2.45) is 0 Å². The maximum atomic E-state index is 9.62. The monoisotopic (exact) mass is 379 g/mol. The predicted octanol–water partition coefficient (Wildman–Crippen LogP) is 4.26. The Morgan fingerprint density at radius 2 is 2.19 bits per heavy atom. The molecule has 26 heavy (non-hydrogen) atoms. The highest BCUT2D eigenvalue weighted by molar-refractivity contribution is 7.99. The van der Waals surface area contributed by atoms with E-state index >= 15 is 0 Å².